The first-order valence-corrected chi connectivity index (χ1v) is 6.97. The minimum absolute atomic E-state index is 0. The van der Waals surface area contributed by atoms with Crippen LogP contribution in [0.25, 0.3) is 0 Å². The van der Waals surface area contributed by atoms with Crippen molar-refractivity contribution < 1.29 is 19.2 Å². The molecule has 0 radical (unpaired) electrons. The normalized spacial score (nSPS) is 17.3. The predicted octanol–water partition coefficient (Wildman–Crippen LogP) is 2.30. The molecule has 1 fully saturated rings. The summed E-state index contributed by atoms with van der Waals surface area (Å²) < 4.78 is 10.4. The zero-order chi connectivity index (χ0) is 14.5. The molecule has 0 aliphatic carbocycles. The summed E-state index contributed by atoms with van der Waals surface area (Å²) in [6, 6.07) is -0.530. The lowest BCUT2D eigenvalue weighted by Gasteiger charge is -2.18. The number of aliphatic carboxylic acids is 1. The first-order chi connectivity index (χ1) is 9.56. The number of anilines is 1. The number of nitrogens with one attached hydrogen (secondary N) is 1. The van der Waals surface area contributed by atoms with E-state index in [-0.39, 0.29) is 30.3 Å². The number of nitrogens with zero attached hydrogens (tertiary/aromatic N) is 2. The van der Waals surface area contributed by atoms with Gasteiger partial charge >= 0.3 is 12.0 Å². The quantitative estimate of drug-likeness (QED) is 0.830. The Hall–Kier alpha value is -1.34. The highest BCUT2D eigenvalue weighted by atomic mass is 35.5. The Balaban J connectivity index is 0.00000220. The molecule has 1 saturated heterocycles. The van der Waals surface area contributed by atoms with Crippen LogP contribution in [0, 0.1) is 5.92 Å². The second-order valence-electron chi connectivity index (χ2n) is 5.51. The van der Waals surface area contributed by atoms with Crippen LogP contribution < -0.4 is 5.32 Å². The van der Waals surface area contributed by atoms with Crippen molar-refractivity contribution in [1.29, 1.82) is 0 Å². The van der Waals surface area contributed by atoms with Crippen LogP contribution in [0.2, 0.25) is 0 Å². The highest BCUT2D eigenvalue weighted by molar-refractivity contribution is 5.85. The molecule has 1 aromatic rings. The van der Waals surface area contributed by atoms with E-state index in [2.05, 4.69) is 15.5 Å². The molecule has 0 spiro atoms. The molecule has 1 aliphatic heterocycles. The van der Waals surface area contributed by atoms with Gasteiger partial charge in [-0.15, -0.1) is 12.4 Å². The van der Waals surface area contributed by atoms with Crippen molar-refractivity contribution in [3.05, 3.63) is 5.82 Å². The molecular formula is C13H22ClN3O4. The molecule has 1 aromatic heterocycles. The van der Waals surface area contributed by atoms with Gasteiger partial charge in [0.15, 0.2) is 5.82 Å². The van der Waals surface area contributed by atoms with Crippen LogP contribution >= 0.6 is 12.4 Å². The van der Waals surface area contributed by atoms with Gasteiger partial charge in [0, 0.05) is 19.1 Å². The largest absolute Gasteiger partial charge is 0.480 e. The minimum Gasteiger partial charge on any atom is -0.480 e. The van der Waals surface area contributed by atoms with E-state index in [0.717, 1.165) is 12.8 Å². The van der Waals surface area contributed by atoms with Gasteiger partial charge in [0.1, 0.15) is 6.04 Å². The van der Waals surface area contributed by atoms with Gasteiger partial charge in [-0.2, -0.15) is 4.98 Å². The smallest absolute Gasteiger partial charge is 0.326 e. The van der Waals surface area contributed by atoms with E-state index in [1.165, 1.54) is 0 Å². The maximum atomic E-state index is 11.2. The lowest BCUT2D eigenvalue weighted by molar-refractivity contribution is -0.138. The molecule has 2 N–H and O–H groups in total. The van der Waals surface area contributed by atoms with E-state index in [0.29, 0.717) is 25.5 Å². The first-order valence-electron chi connectivity index (χ1n) is 6.97. The van der Waals surface area contributed by atoms with Crippen LogP contribution in [0.4, 0.5) is 6.01 Å². The van der Waals surface area contributed by atoms with E-state index in [1.54, 1.807) is 0 Å². The lowest BCUT2D eigenvalue weighted by atomic mass is 10.00. The van der Waals surface area contributed by atoms with Crippen molar-refractivity contribution in [2.75, 3.05) is 18.5 Å². The second kappa shape index (κ2) is 8.19. The van der Waals surface area contributed by atoms with Gasteiger partial charge in [0.2, 0.25) is 0 Å². The highest BCUT2D eigenvalue weighted by Gasteiger charge is 2.24. The number of ether oxygens (including phenoxy) is 1. The molecular weight excluding hydrogens is 298 g/mol. The van der Waals surface area contributed by atoms with E-state index in [4.69, 9.17) is 9.26 Å². The van der Waals surface area contributed by atoms with Crippen molar-refractivity contribution in [3.63, 3.8) is 0 Å². The molecule has 1 unspecified atom stereocenters. The van der Waals surface area contributed by atoms with E-state index in [9.17, 15) is 9.90 Å². The number of carboxylic acids is 1. The summed E-state index contributed by atoms with van der Waals surface area (Å²) in [7, 11) is 0. The maximum Gasteiger partial charge on any atom is 0.326 e. The third-order valence-corrected chi connectivity index (χ3v) is 3.33. The highest BCUT2D eigenvalue weighted by Crippen LogP contribution is 2.25. The van der Waals surface area contributed by atoms with Crippen molar-refractivity contribution in [1.82, 2.24) is 10.1 Å². The fourth-order valence-electron chi connectivity index (χ4n) is 2.26. The van der Waals surface area contributed by atoms with E-state index < -0.39 is 12.0 Å². The molecule has 8 heteroatoms. The van der Waals surface area contributed by atoms with Crippen LogP contribution in [0.5, 0.6) is 0 Å². The molecule has 2 heterocycles. The summed E-state index contributed by atoms with van der Waals surface area (Å²) in [5.74, 6) is 0.215. The van der Waals surface area contributed by atoms with Crippen molar-refractivity contribution in [2.45, 2.75) is 45.1 Å². The SMILES string of the molecule is CC(C)CC(Nc1nc(C2CCOCC2)no1)C(=O)O.Cl. The molecule has 21 heavy (non-hydrogen) atoms. The Morgan fingerprint density at radius 1 is 1.43 bits per heavy atom. The number of hydrogen-bond acceptors (Lipinski definition) is 6. The fourth-order valence-corrected chi connectivity index (χ4v) is 2.26. The number of hydrogen-bond donors (Lipinski definition) is 2. The Morgan fingerprint density at radius 3 is 2.67 bits per heavy atom. The Morgan fingerprint density at radius 2 is 2.10 bits per heavy atom. The Bertz CT molecular complexity index is 446. The monoisotopic (exact) mass is 319 g/mol. The van der Waals surface area contributed by atoms with Gasteiger partial charge in [0.05, 0.1) is 0 Å². The zero-order valence-electron chi connectivity index (χ0n) is 12.2. The van der Waals surface area contributed by atoms with Gasteiger partial charge in [0.25, 0.3) is 0 Å². The third kappa shape index (κ3) is 5.17. The summed E-state index contributed by atoms with van der Waals surface area (Å²) in [5.41, 5.74) is 0. The maximum absolute atomic E-state index is 11.2. The molecule has 0 saturated carbocycles. The van der Waals surface area contributed by atoms with Crippen molar-refractivity contribution in [2.24, 2.45) is 5.92 Å². The van der Waals surface area contributed by atoms with E-state index in [1.807, 2.05) is 13.8 Å². The van der Waals surface area contributed by atoms with Crippen molar-refractivity contribution >= 4 is 24.4 Å². The number of aromatic nitrogens is 2. The fraction of sp³-hybridized carbons (Fsp3) is 0.769. The van der Waals surface area contributed by atoms with Gasteiger partial charge in [-0.25, -0.2) is 4.79 Å². The standard InChI is InChI=1S/C13H21N3O4.ClH/c1-8(2)7-10(12(17)18)14-13-15-11(16-20-13)9-3-5-19-6-4-9;/h8-10H,3-7H2,1-2H3,(H,17,18)(H,14,15,16);1H. The van der Waals surface area contributed by atoms with E-state index >= 15 is 0 Å². The van der Waals surface area contributed by atoms with Gasteiger partial charge in [-0.3, -0.25) is 0 Å². The van der Waals surface area contributed by atoms with Crippen molar-refractivity contribution in [3.8, 4) is 0 Å². The minimum atomic E-state index is -0.912. The molecule has 1 aliphatic rings. The van der Waals surface area contributed by atoms with Crippen LogP contribution in [0.1, 0.15) is 44.9 Å². The summed E-state index contributed by atoms with van der Waals surface area (Å²) in [4.78, 5) is 15.4. The molecule has 1 atom stereocenters. The summed E-state index contributed by atoms with van der Waals surface area (Å²) in [6.07, 6.45) is 2.24. The summed E-state index contributed by atoms with van der Waals surface area (Å²) in [5, 5.41) is 15.9. The number of carbonyl (C=O) groups is 1. The summed E-state index contributed by atoms with van der Waals surface area (Å²) >= 11 is 0. The lowest BCUT2D eigenvalue weighted by Crippen LogP contribution is -2.30. The molecule has 0 bridgehead atoms. The zero-order valence-corrected chi connectivity index (χ0v) is 13.1. The van der Waals surface area contributed by atoms with Gasteiger partial charge < -0.3 is 19.7 Å². The van der Waals surface area contributed by atoms with Crippen LogP contribution in [-0.2, 0) is 9.53 Å². The average Bonchev–Trinajstić information content (AvgIpc) is 2.87. The topological polar surface area (TPSA) is 97.5 Å². The first kappa shape index (κ1) is 17.7. The summed E-state index contributed by atoms with van der Waals surface area (Å²) in [6.45, 7) is 5.35. The molecule has 0 amide bonds. The number of rotatable bonds is 6. The third-order valence-electron chi connectivity index (χ3n) is 3.33. The number of halogens is 1. The second-order valence-corrected chi connectivity index (χ2v) is 5.51. The molecule has 2 rings (SSSR count). The molecule has 120 valence electrons. The van der Waals surface area contributed by atoms with Crippen LogP contribution in [-0.4, -0.2) is 40.5 Å². The van der Waals surface area contributed by atoms with Crippen LogP contribution in [0.3, 0.4) is 0 Å². The number of carboxylic acid groups (broad SMARTS) is 1. The van der Waals surface area contributed by atoms with Gasteiger partial charge in [-0.1, -0.05) is 19.0 Å². The van der Waals surface area contributed by atoms with Gasteiger partial charge in [-0.05, 0) is 25.2 Å². The molecule has 0 aromatic carbocycles. The Labute approximate surface area is 129 Å². The Kier molecular flexibility index (Phi) is 6.91. The average molecular weight is 320 g/mol. The van der Waals surface area contributed by atoms with Crippen LogP contribution in [0.15, 0.2) is 4.52 Å². The predicted molar refractivity (Wildman–Crippen MR) is 78.8 cm³/mol. The molecule has 7 nitrogen and oxygen atoms in total.